The van der Waals surface area contributed by atoms with E-state index in [0.29, 0.717) is 0 Å². The highest BCUT2D eigenvalue weighted by Gasteiger charge is 2.39. The third-order valence-electron chi connectivity index (χ3n) is 2.09. The zero-order valence-electron chi connectivity index (χ0n) is 8.79. The zero-order chi connectivity index (χ0) is 12.3. The molecule has 0 aromatic heterocycles. The summed E-state index contributed by atoms with van der Waals surface area (Å²) in [4.78, 5) is 0. The molecule has 0 spiro atoms. The first kappa shape index (κ1) is 13.3. The highest BCUT2D eigenvalue weighted by atomic mass is 35.5. The van der Waals surface area contributed by atoms with Crippen molar-refractivity contribution in [2.75, 3.05) is 0 Å². The van der Waals surface area contributed by atoms with Crippen molar-refractivity contribution in [2.45, 2.75) is 24.2 Å². The Morgan fingerprint density at radius 1 is 1.24 bits per heavy atom. The molecule has 7 heteroatoms. The Bertz CT molecular complexity index is 400. The van der Waals surface area contributed by atoms with Crippen molar-refractivity contribution >= 4 is 31.0 Å². The second-order valence-corrected chi connectivity index (χ2v) is 6.02. The second-order valence-electron chi connectivity index (χ2n) is 3.47. The van der Waals surface area contributed by atoms with E-state index in [4.69, 9.17) is 36.8 Å². The number of phosphoric ester groups is 1. The van der Waals surface area contributed by atoms with Crippen molar-refractivity contribution in [2.24, 2.45) is 0 Å². The summed E-state index contributed by atoms with van der Waals surface area (Å²) in [7, 11) is -3.66. The SMILES string of the molecule is O=P1(OCc2ccccc2)OC(Cl)CC(Cl)O1. The van der Waals surface area contributed by atoms with Gasteiger partial charge in [0.2, 0.25) is 0 Å². The lowest BCUT2D eigenvalue weighted by Gasteiger charge is -2.28. The molecule has 1 saturated heterocycles. The minimum absolute atomic E-state index is 0.116. The smallest absolute Gasteiger partial charge is 0.282 e. The number of halogens is 2. The van der Waals surface area contributed by atoms with Gasteiger partial charge in [0, 0.05) is 6.42 Å². The van der Waals surface area contributed by atoms with Crippen molar-refractivity contribution in [3.8, 4) is 0 Å². The first-order chi connectivity index (χ1) is 8.07. The van der Waals surface area contributed by atoms with E-state index >= 15 is 0 Å². The molecule has 0 bridgehead atoms. The van der Waals surface area contributed by atoms with Crippen LogP contribution in [0.2, 0.25) is 0 Å². The van der Waals surface area contributed by atoms with Crippen LogP contribution in [0.25, 0.3) is 0 Å². The average Bonchev–Trinajstić information content (AvgIpc) is 2.26. The fourth-order valence-corrected chi connectivity index (χ4v) is 3.54. The van der Waals surface area contributed by atoms with Gasteiger partial charge in [-0.3, -0.25) is 13.6 Å². The molecule has 2 rings (SSSR count). The van der Waals surface area contributed by atoms with Gasteiger partial charge in [-0.1, -0.05) is 53.5 Å². The molecular weight excluding hydrogens is 286 g/mol. The van der Waals surface area contributed by atoms with Crippen molar-refractivity contribution < 1.29 is 18.1 Å². The number of phosphoric acid groups is 1. The van der Waals surface area contributed by atoms with E-state index in [1.165, 1.54) is 0 Å². The maximum atomic E-state index is 12.0. The van der Waals surface area contributed by atoms with Gasteiger partial charge in [0.25, 0.3) is 0 Å². The van der Waals surface area contributed by atoms with Crippen molar-refractivity contribution in [3.63, 3.8) is 0 Å². The molecule has 4 nitrogen and oxygen atoms in total. The van der Waals surface area contributed by atoms with Gasteiger partial charge in [-0.05, 0) is 5.56 Å². The summed E-state index contributed by atoms with van der Waals surface area (Å²) in [6.07, 6.45) is 0.266. The molecule has 2 unspecified atom stereocenters. The molecule has 1 heterocycles. The van der Waals surface area contributed by atoms with Crippen LogP contribution in [0.4, 0.5) is 0 Å². The molecule has 94 valence electrons. The molecule has 0 aliphatic carbocycles. The predicted molar refractivity (Wildman–Crippen MR) is 64.9 cm³/mol. The van der Waals surface area contributed by atoms with E-state index in [0.717, 1.165) is 5.56 Å². The molecule has 0 amide bonds. The zero-order valence-corrected chi connectivity index (χ0v) is 11.2. The van der Waals surface area contributed by atoms with Crippen LogP contribution >= 0.6 is 31.0 Å². The van der Waals surface area contributed by atoms with Crippen LogP contribution in [0.1, 0.15) is 12.0 Å². The Labute approximate surface area is 109 Å². The average molecular weight is 297 g/mol. The van der Waals surface area contributed by atoms with E-state index in [2.05, 4.69) is 0 Å². The maximum absolute atomic E-state index is 12.0. The fourth-order valence-electron chi connectivity index (χ4n) is 1.33. The summed E-state index contributed by atoms with van der Waals surface area (Å²) in [6.45, 7) is 0.116. The van der Waals surface area contributed by atoms with Gasteiger partial charge in [-0.25, -0.2) is 4.57 Å². The fraction of sp³-hybridized carbons (Fsp3) is 0.400. The number of hydrogen-bond donors (Lipinski definition) is 0. The van der Waals surface area contributed by atoms with E-state index in [1.54, 1.807) is 0 Å². The summed E-state index contributed by atoms with van der Waals surface area (Å²) >= 11 is 11.5. The van der Waals surface area contributed by atoms with Crippen LogP contribution in [-0.4, -0.2) is 11.1 Å². The number of rotatable bonds is 3. The standard InChI is InChI=1S/C10H11Cl2O4P/c11-9-6-10(12)16-17(13,15-9)14-7-8-4-2-1-3-5-8/h1-5,9-10H,6-7H2. The lowest BCUT2D eigenvalue weighted by molar-refractivity contribution is 0.0420. The van der Waals surface area contributed by atoms with E-state index in [1.807, 2.05) is 30.3 Å². The summed E-state index contributed by atoms with van der Waals surface area (Å²) < 4.78 is 27.0. The molecular formula is C10H11Cl2O4P. The van der Waals surface area contributed by atoms with Crippen LogP contribution in [0.15, 0.2) is 30.3 Å². The molecule has 1 fully saturated rings. The Balaban J connectivity index is 1.96. The lowest BCUT2D eigenvalue weighted by Crippen LogP contribution is -2.21. The van der Waals surface area contributed by atoms with Gasteiger partial charge in [0.15, 0.2) is 0 Å². The van der Waals surface area contributed by atoms with Crippen molar-refractivity contribution in [1.82, 2.24) is 0 Å². The Morgan fingerprint density at radius 2 is 1.82 bits per heavy atom. The Kier molecular flexibility index (Phi) is 4.47. The number of benzene rings is 1. The van der Waals surface area contributed by atoms with Gasteiger partial charge in [-0.2, -0.15) is 0 Å². The Hall–Kier alpha value is -0.0900. The molecule has 1 aliphatic rings. The third kappa shape index (κ3) is 3.95. The third-order valence-corrected chi connectivity index (χ3v) is 4.34. The van der Waals surface area contributed by atoms with Crippen LogP contribution in [0.5, 0.6) is 0 Å². The molecule has 0 radical (unpaired) electrons. The van der Waals surface area contributed by atoms with Crippen molar-refractivity contribution in [3.05, 3.63) is 35.9 Å². The molecule has 1 aromatic rings. The van der Waals surface area contributed by atoms with Crippen LogP contribution in [-0.2, 0) is 24.7 Å². The largest absolute Gasteiger partial charge is 0.478 e. The normalized spacial score (nSPS) is 33.5. The molecule has 2 atom stereocenters. The summed E-state index contributed by atoms with van der Waals surface area (Å²) in [6, 6.07) is 9.26. The van der Waals surface area contributed by atoms with E-state index in [-0.39, 0.29) is 13.0 Å². The quantitative estimate of drug-likeness (QED) is 0.627. The number of hydrogen-bond acceptors (Lipinski definition) is 4. The minimum atomic E-state index is -3.66. The monoisotopic (exact) mass is 296 g/mol. The maximum Gasteiger partial charge on any atom is 0.478 e. The molecule has 17 heavy (non-hydrogen) atoms. The topological polar surface area (TPSA) is 44.8 Å². The first-order valence-electron chi connectivity index (χ1n) is 5.01. The Morgan fingerprint density at radius 3 is 2.41 bits per heavy atom. The van der Waals surface area contributed by atoms with Crippen LogP contribution in [0, 0.1) is 0 Å². The number of alkyl halides is 2. The van der Waals surface area contributed by atoms with Crippen LogP contribution in [0.3, 0.4) is 0 Å². The summed E-state index contributed by atoms with van der Waals surface area (Å²) in [5, 5.41) is 0. The minimum Gasteiger partial charge on any atom is -0.282 e. The molecule has 0 saturated carbocycles. The molecule has 1 aliphatic heterocycles. The molecule has 1 aromatic carbocycles. The van der Waals surface area contributed by atoms with Crippen molar-refractivity contribution in [1.29, 1.82) is 0 Å². The van der Waals surface area contributed by atoms with Gasteiger partial charge in [0.1, 0.15) is 11.1 Å². The van der Waals surface area contributed by atoms with Gasteiger partial charge in [-0.15, -0.1) is 0 Å². The predicted octanol–water partition coefficient (Wildman–Crippen LogP) is 3.88. The van der Waals surface area contributed by atoms with Gasteiger partial charge < -0.3 is 0 Å². The van der Waals surface area contributed by atoms with E-state index < -0.39 is 18.9 Å². The summed E-state index contributed by atoms with van der Waals surface area (Å²) in [5.41, 5.74) is -0.654. The van der Waals surface area contributed by atoms with Crippen LogP contribution < -0.4 is 0 Å². The highest BCUT2D eigenvalue weighted by Crippen LogP contribution is 2.57. The van der Waals surface area contributed by atoms with Gasteiger partial charge in [0.05, 0.1) is 6.61 Å². The second kappa shape index (κ2) is 5.70. The highest BCUT2D eigenvalue weighted by molar-refractivity contribution is 7.48. The van der Waals surface area contributed by atoms with E-state index in [9.17, 15) is 4.57 Å². The van der Waals surface area contributed by atoms with Gasteiger partial charge >= 0.3 is 7.82 Å². The molecule has 0 N–H and O–H groups in total. The first-order valence-corrected chi connectivity index (χ1v) is 7.34. The summed E-state index contributed by atoms with van der Waals surface area (Å²) in [5.74, 6) is 0. The lowest BCUT2D eigenvalue weighted by atomic mass is 10.2.